The van der Waals surface area contributed by atoms with Crippen molar-refractivity contribution < 1.29 is 9.90 Å². The van der Waals surface area contributed by atoms with E-state index >= 15 is 0 Å². The number of aliphatic carboxylic acids is 1. The van der Waals surface area contributed by atoms with Gasteiger partial charge in [0.2, 0.25) is 0 Å². The van der Waals surface area contributed by atoms with Crippen molar-refractivity contribution in [2.24, 2.45) is 0 Å². The molecule has 0 aliphatic rings. The molecule has 0 aromatic carbocycles. The van der Waals surface area contributed by atoms with Gasteiger partial charge in [-0.05, 0) is 32.9 Å². The summed E-state index contributed by atoms with van der Waals surface area (Å²) in [6.07, 6.45) is 5.88. The molecular weight excluding hydrogens is 250 g/mol. The fourth-order valence-electron chi connectivity index (χ4n) is 1.44. The minimum Gasteiger partial charge on any atom is -0.480 e. The lowest BCUT2D eigenvalue weighted by Gasteiger charge is -2.23. The molecule has 0 saturated carbocycles. The SMILES string of the molecule is CNC(C)(CCCCSc1ncccn1)C(=O)O. The molecule has 1 rings (SSSR count). The van der Waals surface area contributed by atoms with Crippen LogP contribution >= 0.6 is 11.8 Å². The Morgan fingerprint density at radius 1 is 1.44 bits per heavy atom. The molecule has 0 bridgehead atoms. The van der Waals surface area contributed by atoms with Crippen LogP contribution < -0.4 is 5.32 Å². The summed E-state index contributed by atoms with van der Waals surface area (Å²) in [5.74, 6) is 0.104. The lowest BCUT2D eigenvalue weighted by atomic mass is 9.95. The molecule has 1 aromatic heterocycles. The smallest absolute Gasteiger partial charge is 0.323 e. The average Bonchev–Trinajstić information content (AvgIpc) is 2.39. The third kappa shape index (κ3) is 4.62. The lowest BCUT2D eigenvalue weighted by molar-refractivity contribution is -0.144. The Morgan fingerprint density at radius 3 is 2.67 bits per heavy atom. The minimum absolute atomic E-state index is 0.620. The Balaban J connectivity index is 2.21. The van der Waals surface area contributed by atoms with Crippen molar-refractivity contribution in [3.8, 4) is 0 Å². The molecule has 0 saturated heterocycles. The number of carboxylic acid groups (broad SMARTS) is 1. The molecule has 0 fully saturated rings. The fourth-order valence-corrected chi connectivity index (χ4v) is 2.24. The number of carbonyl (C=O) groups is 1. The molecule has 1 unspecified atom stereocenters. The van der Waals surface area contributed by atoms with Crippen molar-refractivity contribution in [3.63, 3.8) is 0 Å². The number of likely N-dealkylation sites (N-methyl/N-ethyl adjacent to an activating group) is 1. The van der Waals surface area contributed by atoms with Crippen LogP contribution in [0.25, 0.3) is 0 Å². The third-order valence-electron chi connectivity index (χ3n) is 2.87. The van der Waals surface area contributed by atoms with E-state index in [1.54, 1.807) is 44.2 Å². The zero-order valence-electron chi connectivity index (χ0n) is 10.7. The molecule has 0 radical (unpaired) electrons. The number of rotatable bonds is 8. The quantitative estimate of drug-likeness (QED) is 0.426. The van der Waals surface area contributed by atoms with E-state index in [1.165, 1.54) is 0 Å². The molecule has 1 aromatic rings. The molecule has 0 aliphatic carbocycles. The predicted octanol–water partition coefficient (Wildman–Crippen LogP) is 1.80. The highest BCUT2D eigenvalue weighted by atomic mass is 32.2. The molecule has 18 heavy (non-hydrogen) atoms. The zero-order valence-corrected chi connectivity index (χ0v) is 11.5. The molecule has 100 valence electrons. The number of hydrogen-bond donors (Lipinski definition) is 2. The van der Waals surface area contributed by atoms with Crippen molar-refractivity contribution >= 4 is 17.7 Å². The van der Waals surface area contributed by atoms with Gasteiger partial charge in [-0.2, -0.15) is 0 Å². The van der Waals surface area contributed by atoms with Gasteiger partial charge in [0.1, 0.15) is 5.54 Å². The van der Waals surface area contributed by atoms with Gasteiger partial charge >= 0.3 is 5.97 Å². The normalized spacial score (nSPS) is 14.1. The number of thioether (sulfide) groups is 1. The van der Waals surface area contributed by atoms with E-state index in [2.05, 4.69) is 15.3 Å². The fraction of sp³-hybridized carbons (Fsp3) is 0.583. The van der Waals surface area contributed by atoms with Gasteiger partial charge in [-0.1, -0.05) is 18.2 Å². The highest BCUT2D eigenvalue weighted by Gasteiger charge is 2.29. The average molecular weight is 269 g/mol. The monoisotopic (exact) mass is 269 g/mol. The van der Waals surface area contributed by atoms with E-state index in [9.17, 15) is 4.79 Å². The summed E-state index contributed by atoms with van der Waals surface area (Å²) < 4.78 is 0. The van der Waals surface area contributed by atoms with Crippen LogP contribution in [0, 0.1) is 0 Å². The predicted molar refractivity (Wildman–Crippen MR) is 71.7 cm³/mol. The second kappa shape index (κ2) is 7.33. The number of unbranched alkanes of at least 4 members (excludes halogenated alkanes) is 1. The van der Waals surface area contributed by atoms with Crippen LogP contribution in [-0.4, -0.2) is 39.4 Å². The Morgan fingerprint density at radius 2 is 2.11 bits per heavy atom. The van der Waals surface area contributed by atoms with Crippen molar-refractivity contribution in [3.05, 3.63) is 18.5 Å². The maximum Gasteiger partial charge on any atom is 0.323 e. The van der Waals surface area contributed by atoms with E-state index in [4.69, 9.17) is 5.11 Å². The van der Waals surface area contributed by atoms with Crippen molar-refractivity contribution in [1.82, 2.24) is 15.3 Å². The topological polar surface area (TPSA) is 75.1 Å². The summed E-state index contributed by atoms with van der Waals surface area (Å²) in [6, 6.07) is 1.79. The number of carboxylic acids is 1. The first-order valence-electron chi connectivity index (χ1n) is 5.90. The number of aromatic nitrogens is 2. The van der Waals surface area contributed by atoms with Gasteiger partial charge in [0.15, 0.2) is 5.16 Å². The highest BCUT2D eigenvalue weighted by molar-refractivity contribution is 7.99. The first-order valence-corrected chi connectivity index (χ1v) is 6.89. The van der Waals surface area contributed by atoms with E-state index < -0.39 is 11.5 Å². The summed E-state index contributed by atoms with van der Waals surface area (Å²) >= 11 is 1.60. The molecule has 1 atom stereocenters. The molecule has 2 N–H and O–H groups in total. The van der Waals surface area contributed by atoms with Gasteiger partial charge < -0.3 is 10.4 Å². The van der Waals surface area contributed by atoms with Crippen LogP contribution in [0.2, 0.25) is 0 Å². The van der Waals surface area contributed by atoms with E-state index in [-0.39, 0.29) is 0 Å². The van der Waals surface area contributed by atoms with Crippen molar-refractivity contribution in [2.45, 2.75) is 36.9 Å². The van der Waals surface area contributed by atoms with Crippen molar-refractivity contribution in [2.75, 3.05) is 12.8 Å². The molecule has 5 nitrogen and oxygen atoms in total. The van der Waals surface area contributed by atoms with Crippen LogP contribution in [-0.2, 0) is 4.79 Å². The molecule has 0 spiro atoms. The molecule has 1 heterocycles. The van der Waals surface area contributed by atoms with Crippen molar-refractivity contribution in [1.29, 1.82) is 0 Å². The van der Waals surface area contributed by atoms with E-state index in [0.717, 1.165) is 23.8 Å². The number of nitrogens with zero attached hydrogens (tertiary/aromatic N) is 2. The van der Waals surface area contributed by atoms with Gasteiger partial charge in [0.25, 0.3) is 0 Å². The molecule has 6 heteroatoms. The largest absolute Gasteiger partial charge is 0.480 e. The Labute approximate surface area is 111 Å². The van der Waals surface area contributed by atoms with Gasteiger partial charge in [-0.25, -0.2) is 9.97 Å². The van der Waals surface area contributed by atoms with Gasteiger partial charge in [-0.15, -0.1) is 0 Å². The summed E-state index contributed by atoms with van der Waals surface area (Å²) in [4.78, 5) is 19.3. The maximum atomic E-state index is 11.0. The second-order valence-electron chi connectivity index (χ2n) is 4.22. The molecular formula is C12H19N3O2S. The first-order chi connectivity index (χ1) is 8.58. The van der Waals surface area contributed by atoms with Crippen LogP contribution in [0.3, 0.4) is 0 Å². The van der Waals surface area contributed by atoms with Crippen LogP contribution in [0.15, 0.2) is 23.6 Å². The Hall–Kier alpha value is -1.14. The van der Waals surface area contributed by atoms with Gasteiger partial charge in [0.05, 0.1) is 0 Å². The summed E-state index contributed by atoms with van der Waals surface area (Å²) in [5, 5.41) is 12.7. The Bertz CT molecular complexity index is 375. The van der Waals surface area contributed by atoms with E-state index in [0.29, 0.717) is 6.42 Å². The highest BCUT2D eigenvalue weighted by Crippen LogP contribution is 2.18. The van der Waals surface area contributed by atoms with Crippen LogP contribution in [0.5, 0.6) is 0 Å². The minimum atomic E-state index is -0.825. The van der Waals surface area contributed by atoms with Crippen LogP contribution in [0.1, 0.15) is 26.2 Å². The second-order valence-corrected chi connectivity index (χ2v) is 5.29. The first kappa shape index (κ1) is 14.9. The van der Waals surface area contributed by atoms with Gasteiger partial charge in [0, 0.05) is 18.1 Å². The molecule has 0 amide bonds. The number of nitrogens with one attached hydrogen (secondary N) is 1. The summed E-state index contributed by atoms with van der Waals surface area (Å²) in [7, 11) is 1.68. The zero-order chi connectivity index (χ0) is 13.4. The third-order valence-corrected chi connectivity index (χ3v) is 3.83. The lowest BCUT2D eigenvalue weighted by Crippen LogP contribution is -2.47. The van der Waals surface area contributed by atoms with Gasteiger partial charge in [-0.3, -0.25) is 4.79 Å². The Kier molecular flexibility index (Phi) is 6.07. The summed E-state index contributed by atoms with van der Waals surface area (Å²) in [6.45, 7) is 1.71. The van der Waals surface area contributed by atoms with E-state index in [1.807, 2.05) is 0 Å². The van der Waals surface area contributed by atoms with Crippen LogP contribution in [0.4, 0.5) is 0 Å². The summed E-state index contributed by atoms with van der Waals surface area (Å²) in [5.41, 5.74) is -0.825. The standard InChI is InChI=1S/C12H19N3O2S/c1-12(13-2,10(16)17)6-3-4-9-18-11-14-7-5-8-15-11/h5,7-8,13H,3-4,6,9H2,1-2H3,(H,16,17). The molecule has 0 aliphatic heterocycles. The number of hydrogen-bond acceptors (Lipinski definition) is 5. The maximum absolute atomic E-state index is 11.0.